The third kappa shape index (κ3) is 3.79. The average Bonchev–Trinajstić information content (AvgIpc) is 3.14. The molecule has 1 atom stereocenters. The summed E-state index contributed by atoms with van der Waals surface area (Å²) < 4.78 is 6.26. The Bertz CT molecular complexity index is 1420. The summed E-state index contributed by atoms with van der Waals surface area (Å²) in [5.74, 6) is -0.0851. The van der Waals surface area contributed by atoms with Gasteiger partial charge in [0.15, 0.2) is 5.43 Å². The highest BCUT2D eigenvalue weighted by atomic mass is 35.5. The number of halogens is 1. The zero-order chi connectivity index (χ0) is 23.8. The normalized spacial score (nSPS) is 15.6. The van der Waals surface area contributed by atoms with Gasteiger partial charge in [-0.15, -0.1) is 0 Å². The number of amides is 1. The Balaban J connectivity index is 1.65. The molecule has 5 rings (SSSR count). The molecule has 1 unspecified atom stereocenters. The fourth-order valence-corrected chi connectivity index (χ4v) is 5.10. The van der Waals surface area contributed by atoms with E-state index in [4.69, 9.17) is 16.0 Å². The molecule has 5 nitrogen and oxygen atoms in total. The number of carbonyl (C=O) groups is 1. The fourth-order valence-electron chi connectivity index (χ4n) is 4.97. The van der Waals surface area contributed by atoms with Crippen LogP contribution >= 0.6 is 11.6 Å². The van der Waals surface area contributed by atoms with Gasteiger partial charge in [-0.2, -0.15) is 0 Å². The number of carbonyl (C=O) groups excluding carboxylic acids is 1. The van der Waals surface area contributed by atoms with Crippen LogP contribution in [-0.2, 0) is 0 Å². The summed E-state index contributed by atoms with van der Waals surface area (Å²) in [6.45, 7) is 7.61. The lowest BCUT2D eigenvalue weighted by Gasteiger charge is -2.26. The highest BCUT2D eigenvalue weighted by Gasteiger charge is 2.42. The van der Waals surface area contributed by atoms with E-state index in [1.165, 1.54) is 0 Å². The van der Waals surface area contributed by atoms with Crippen LogP contribution in [0, 0.1) is 0 Å². The zero-order valence-electron chi connectivity index (χ0n) is 19.4. The summed E-state index contributed by atoms with van der Waals surface area (Å²) in [5, 5.41) is 2.90. The van der Waals surface area contributed by atoms with Crippen LogP contribution in [-0.4, -0.2) is 41.9 Å². The lowest BCUT2D eigenvalue weighted by atomic mass is 9.97. The van der Waals surface area contributed by atoms with Crippen LogP contribution in [0.3, 0.4) is 0 Å². The van der Waals surface area contributed by atoms with Crippen LogP contribution in [0.15, 0.2) is 69.9 Å². The van der Waals surface area contributed by atoms with Crippen LogP contribution in [0.2, 0.25) is 5.02 Å². The monoisotopic (exact) mass is 474 g/mol. The van der Waals surface area contributed by atoms with Gasteiger partial charge in [-0.05, 0) is 55.2 Å². The third-order valence-corrected chi connectivity index (χ3v) is 7.06. The van der Waals surface area contributed by atoms with E-state index in [9.17, 15) is 9.59 Å². The van der Waals surface area contributed by atoms with Gasteiger partial charge in [-0.1, -0.05) is 67.9 Å². The van der Waals surface area contributed by atoms with E-state index >= 15 is 0 Å². The largest absolute Gasteiger partial charge is 0.450 e. The maximum atomic E-state index is 13.8. The molecule has 0 N–H and O–H groups in total. The van der Waals surface area contributed by atoms with E-state index in [-0.39, 0.29) is 17.1 Å². The Morgan fingerprint density at radius 1 is 0.941 bits per heavy atom. The van der Waals surface area contributed by atoms with Crippen molar-refractivity contribution in [1.29, 1.82) is 0 Å². The first-order chi connectivity index (χ1) is 16.5. The number of hydrogen-bond donors (Lipinski definition) is 0. The lowest BCUT2D eigenvalue weighted by Crippen LogP contribution is -2.33. The van der Waals surface area contributed by atoms with Gasteiger partial charge in [0.2, 0.25) is 5.76 Å². The van der Waals surface area contributed by atoms with Crippen molar-refractivity contribution in [3.05, 3.63) is 92.8 Å². The molecule has 4 aromatic rings. The van der Waals surface area contributed by atoms with Crippen molar-refractivity contribution in [2.45, 2.75) is 26.3 Å². The summed E-state index contributed by atoms with van der Waals surface area (Å²) >= 11 is 6.13. The molecule has 174 valence electrons. The van der Waals surface area contributed by atoms with Gasteiger partial charge in [0.05, 0.1) is 17.0 Å². The molecule has 1 aliphatic rings. The van der Waals surface area contributed by atoms with Gasteiger partial charge in [-0.25, -0.2) is 0 Å². The average molecular weight is 475 g/mol. The molecule has 0 saturated carbocycles. The van der Waals surface area contributed by atoms with Crippen molar-refractivity contribution in [1.82, 2.24) is 9.80 Å². The second kappa shape index (κ2) is 9.24. The van der Waals surface area contributed by atoms with Crippen LogP contribution in [0.4, 0.5) is 0 Å². The van der Waals surface area contributed by atoms with Crippen molar-refractivity contribution in [3.8, 4) is 0 Å². The van der Waals surface area contributed by atoms with Gasteiger partial charge in [-0.3, -0.25) is 9.59 Å². The predicted octanol–water partition coefficient (Wildman–Crippen LogP) is 5.88. The molecular formula is C28H27ClN2O3. The molecule has 0 bridgehead atoms. The van der Waals surface area contributed by atoms with E-state index in [0.29, 0.717) is 28.1 Å². The number of hydrogen-bond acceptors (Lipinski definition) is 4. The first kappa shape index (κ1) is 22.6. The number of benzene rings is 3. The van der Waals surface area contributed by atoms with Crippen molar-refractivity contribution in [2.75, 3.05) is 26.2 Å². The predicted molar refractivity (Wildman–Crippen MR) is 137 cm³/mol. The minimum atomic E-state index is -0.497. The van der Waals surface area contributed by atoms with E-state index in [1.807, 2.05) is 42.5 Å². The summed E-state index contributed by atoms with van der Waals surface area (Å²) in [6.07, 6.45) is 0.808. The van der Waals surface area contributed by atoms with E-state index in [1.54, 1.807) is 23.1 Å². The van der Waals surface area contributed by atoms with Gasteiger partial charge in [0.25, 0.3) is 5.91 Å². The molecule has 1 aliphatic heterocycles. The topological polar surface area (TPSA) is 53.8 Å². The number of nitrogens with zero attached hydrogens (tertiary/aromatic N) is 2. The molecule has 34 heavy (non-hydrogen) atoms. The smallest absolute Gasteiger partial charge is 0.290 e. The Kier molecular flexibility index (Phi) is 6.15. The highest BCUT2D eigenvalue weighted by Crippen LogP contribution is 2.39. The molecular weight excluding hydrogens is 448 g/mol. The zero-order valence-corrected chi connectivity index (χ0v) is 20.1. The Labute approximate surface area is 203 Å². The van der Waals surface area contributed by atoms with Gasteiger partial charge < -0.3 is 14.2 Å². The minimum absolute atomic E-state index is 0.150. The van der Waals surface area contributed by atoms with Crippen LogP contribution in [0.5, 0.6) is 0 Å². The van der Waals surface area contributed by atoms with Gasteiger partial charge in [0.1, 0.15) is 5.58 Å². The Morgan fingerprint density at radius 3 is 2.41 bits per heavy atom. The fraction of sp³-hybridized carbons (Fsp3) is 0.286. The molecule has 0 saturated heterocycles. The maximum absolute atomic E-state index is 13.8. The number of fused-ring (bicyclic) bond motifs is 4. The quantitative estimate of drug-likeness (QED) is 0.314. The molecule has 1 aromatic heterocycles. The molecule has 0 radical (unpaired) electrons. The van der Waals surface area contributed by atoms with E-state index in [2.05, 4.69) is 18.7 Å². The van der Waals surface area contributed by atoms with Gasteiger partial charge in [0, 0.05) is 17.0 Å². The molecule has 0 spiro atoms. The summed E-state index contributed by atoms with van der Waals surface area (Å²) in [5.41, 5.74) is 1.58. The standard InChI is InChI=1S/C28H27ClN2O3/c1-3-30(4-2)16-7-17-31-24(19-10-13-20(29)14-11-19)23-25(32)22-15-12-18-8-5-6-9-21(18)26(22)34-27(23)28(31)33/h5-6,8-15,24H,3-4,7,16-17H2,1-2H3. The SMILES string of the molecule is CCN(CC)CCCN1C(=O)c2oc3c(ccc4ccccc43)c(=O)c2C1c1ccc(Cl)cc1. The maximum Gasteiger partial charge on any atom is 0.290 e. The molecule has 0 aliphatic carbocycles. The van der Waals surface area contributed by atoms with Crippen molar-refractivity contribution >= 4 is 39.2 Å². The van der Waals surface area contributed by atoms with Crippen molar-refractivity contribution in [2.24, 2.45) is 0 Å². The van der Waals surface area contributed by atoms with Crippen molar-refractivity contribution in [3.63, 3.8) is 0 Å². The van der Waals surface area contributed by atoms with E-state index in [0.717, 1.165) is 42.4 Å². The second-order valence-corrected chi connectivity index (χ2v) is 9.11. The first-order valence-electron chi connectivity index (χ1n) is 11.8. The molecule has 3 aromatic carbocycles. The highest BCUT2D eigenvalue weighted by molar-refractivity contribution is 6.30. The van der Waals surface area contributed by atoms with Crippen molar-refractivity contribution < 1.29 is 9.21 Å². The van der Waals surface area contributed by atoms with Crippen LogP contribution in [0.25, 0.3) is 21.7 Å². The summed E-state index contributed by atoms with van der Waals surface area (Å²) in [7, 11) is 0. The lowest BCUT2D eigenvalue weighted by molar-refractivity contribution is 0.0720. The second-order valence-electron chi connectivity index (χ2n) is 8.67. The first-order valence-corrected chi connectivity index (χ1v) is 12.2. The summed E-state index contributed by atoms with van der Waals surface area (Å²) in [6, 6.07) is 18.3. The van der Waals surface area contributed by atoms with Gasteiger partial charge >= 0.3 is 0 Å². The summed E-state index contributed by atoms with van der Waals surface area (Å²) in [4.78, 5) is 31.6. The van der Waals surface area contributed by atoms with E-state index < -0.39 is 6.04 Å². The number of rotatable bonds is 7. The molecule has 2 heterocycles. The molecule has 0 fully saturated rings. The van der Waals surface area contributed by atoms with Crippen LogP contribution < -0.4 is 5.43 Å². The van der Waals surface area contributed by atoms with Crippen LogP contribution in [0.1, 0.15) is 48.0 Å². The third-order valence-electron chi connectivity index (χ3n) is 6.81. The molecule has 6 heteroatoms. The Morgan fingerprint density at radius 2 is 1.68 bits per heavy atom. The minimum Gasteiger partial charge on any atom is -0.450 e. The Hall–Kier alpha value is -3.15. The molecule has 1 amide bonds.